The zero-order chi connectivity index (χ0) is 24.4. The Morgan fingerprint density at radius 3 is 2.29 bits per heavy atom. The van der Waals surface area contributed by atoms with E-state index in [9.17, 15) is 19.2 Å². The van der Waals surface area contributed by atoms with Gasteiger partial charge in [-0.05, 0) is 54.4 Å². The second kappa shape index (κ2) is 8.05. The minimum atomic E-state index is -0.669. The van der Waals surface area contributed by atoms with Gasteiger partial charge in [0.2, 0.25) is 0 Å². The number of ether oxygens (including phenoxy) is 1. The van der Waals surface area contributed by atoms with Crippen LogP contribution in [-0.4, -0.2) is 47.2 Å². The van der Waals surface area contributed by atoms with Gasteiger partial charge in [-0.3, -0.25) is 19.2 Å². The van der Waals surface area contributed by atoms with Crippen LogP contribution in [0.25, 0.3) is 0 Å². The summed E-state index contributed by atoms with van der Waals surface area (Å²) in [6, 6.07) is 12.9. The van der Waals surface area contributed by atoms with E-state index in [2.05, 4.69) is 12.2 Å². The van der Waals surface area contributed by atoms with Crippen molar-refractivity contribution < 1.29 is 23.9 Å². The third-order valence-corrected chi connectivity index (χ3v) is 8.23. The number of benzene rings is 2. The molecule has 7 rings (SSSR count). The number of carbonyl (C=O) groups excluding carboxylic acids is 4. The molecule has 178 valence electrons. The molecule has 5 aliphatic rings. The van der Waals surface area contributed by atoms with Gasteiger partial charge in [-0.2, -0.15) is 5.01 Å². The third-order valence-electron chi connectivity index (χ3n) is 7.90. The highest BCUT2D eigenvalue weighted by Gasteiger charge is 2.68. The molecule has 2 aromatic rings. The van der Waals surface area contributed by atoms with Gasteiger partial charge in [0.15, 0.2) is 5.78 Å². The van der Waals surface area contributed by atoms with Crippen LogP contribution in [-0.2, 0) is 9.59 Å². The number of hydrazine groups is 1. The van der Waals surface area contributed by atoms with Crippen molar-refractivity contribution in [1.29, 1.82) is 0 Å². The molecule has 1 aliphatic heterocycles. The van der Waals surface area contributed by atoms with Crippen molar-refractivity contribution in [2.45, 2.75) is 6.42 Å². The van der Waals surface area contributed by atoms with Crippen LogP contribution in [0.15, 0.2) is 60.7 Å². The fraction of sp³-hybridized carbons (Fsp3) is 0.333. The van der Waals surface area contributed by atoms with Crippen molar-refractivity contribution >= 4 is 35.1 Å². The number of amides is 3. The van der Waals surface area contributed by atoms with E-state index in [1.807, 2.05) is 0 Å². The first kappa shape index (κ1) is 22.0. The van der Waals surface area contributed by atoms with E-state index in [4.69, 9.17) is 16.3 Å². The van der Waals surface area contributed by atoms with Crippen LogP contribution >= 0.6 is 11.6 Å². The van der Waals surface area contributed by atoms with E-state index in [-0.39, 0.29) is 22.4 Å². The monoisotopic (exact) mass is 490 g/mol. The molecule has 0 aromatic heterocycles. The number of hydrogen-bond donors (Lipinski definition) is 0. The van der Waals surface area contributed by atoms with Crippen LogP contribution in [0.5, 0.6) is 5.75 Å². The molecule has 35 heavy (non-hydrogen) atoms. The Morgan fingerprint density at radius 2 is 1.66 bits per heavy atom. The van der Waals surface area contributed by atoms with Crippen molar-refractivity contribution in [2.75, 3.05) is 13.7 Å². The van der Waals surface area contributed by atoms with Crippen molar-refractivity contribution in [3.8, 4) is 5.75 Å². The lowest BCUT2D eigenvalue weighted by Crippen LogP contribution is -2.52. The molecule has 7 nitrogen and oxygen atoms in total. The fourth-order valence-corrected chi connectivity index (χ4v) is 6.43. The van der Waals surface area contributed by atoms with E-state index in [0.29, 0.717) is 23.1 Å². The lowest BCUT2D eigenvalue weighted by molar-refractivity contribution is -0.154. The summed E-state index contributed by atoms with van der Waals surface area (Å²) < 4.78 is 5.21. The summed E-state index contributed by atoms with van der Waals surface area (Å²) in [5.74, 6) is -1.56. The topological polar surface area (TPSA) is 84.0 Å². The molecule has 6 atom stereocenters. The first-order valence-electron chi connectivity index (χ1n) is 11.7. The maximum atomic E-state index is 13.7. The van der Waals surface area contributed by atoms with Crippen LogP contribution in [0.3, 0.4) is 0 Å². The summed E-state index contributed by atoms with van der Waals surface area (Å²) >= 11 is 6.29. The number of carbonyl (C=O) groups is 4. The Bertz CT molecular complexity index is 1270. The molecule has 0 radical (unpaired) electrons. The Labute approximate surface area is 207 Å². The molecular weight excluding hydrogens is 468 g/mol. The number of allylic oxidation sites excluding steroid dienone is 2. The number of Topliss-reactive ketones (excluding diaryl/α,β-unsaturated/α-hetero) is 1. The number of methoxy groups -OCH3 is 1. The maximum Gasteiger partial charge on any atom is 0.274 e. The molecule has 3 fully saturated rings. The normalized spacial score (nSPS) is 29.6. The first-order valence-corrected chi connectivity index (χ1v) is 12.1. The second-order valence-electron chi connectivity index (χ2n) is 9.64. The molecule has 8 heteroatoms. The number of imide groups is 1. The molecule has 4 aliphatic carbocycles. The molecule has 1 saturated heterocycles. The van der Waals surface area contributed by atoms with E-state index in [1.54, 1.807) is 42.5 Å². The lowest BCUT2D eigenvalue weighted by atomic mass is 9.63. The predicted octanol–water partition coefficient (Wildman–Crippen LogP) is 3.64. The summed E-state index contributed by atoms with van der Waals surface area (Å²) in [4.78, 5) is 54.4. The summed E-state index contributed by atoms with van der Waals surface area (Å²) in [5.41, 5.74) is 0.424. The molecule has 0 spiro atoms. The minimum absolute atomic E-state index is 0.00259. The SMILES string of the molecule is COc1cccc(C(=O)CN(C(=O)c2ccccc2Cl)N2C(=O)[C@@H]3[C@H]4C=C[C@@H]([C@@H]5C[C@H]45)[C@H]3C2=O)c1. The van der Waals surface area contributed by atoms with Gasteiger partial charge in [-0.15, -0.1) is 0 Å². The van der Waals surface area contributed by atoms with E-state index in [1.165, 1.54) is 13.2 Å². The minimum Gasteiger partial charge on any atom is -0.497 e. The molecule has 0 unspecified atom stereocenters. The molecule has 0 N–H and O–H groups in total. The van der Waals surface area contributed by atoms with Crippen molar-refractivity contribution in [3.05, 3.63) is 76.8 Å². The smallest absolute Gasteiger partial charge is 0.274 e. The van der Waals surface area contributed by atoms with Crippen LogP contribution in [0.4, 0.5) is 0 Å². The second-order valence-corrected chi connectivity index (χ2v) is 10.0. The quantitative estimate of drug-likeness (QED) is 0.350. The van der Waals surface area contributed by atoms with Crippen LogP contribution in [0, 0.1) is 35.5 Å². The van der Waals surface area contributed by atoms with Gasteiger partial charge in [0.25, 0.3) is 17.7 Å². The van der Waals surface area contributed by atoms with E-state index in [0.717, 1.165) is 16.4 Å². The van der Waals surface area contributed by atoms with Crippen molar-refractivity contribution in [3.63, 3.8) is 0 Å². The number of hydrogen-bond acceptors (Lipinski definition) is 5. The third kappa shape index (κ3) is 3.32. The Morgan fingerprint density at radius 1 is 1.00 bits per heavy atom. The van der Waals surface area contributed by atoms with Gasteiger partial charge < -0.3 is 4.74 Å². The molecule has 2 saturated carbocycles. The van der Waals surface area contributed by atoms with Gasteiger partial charge in [-0.25, -0.2) is 5.01 Å². The summed E-state index contributed by atoms with van der Waals surface area (Å²) in [6.07, 6.45) is 5.17. The van der Waals surface area contributed by atoms with Gasteiger partial charge in [0, 0.05) is 5.56 Å². The number of halogens is 1. The number of rotatable bonds is 6. The maximum absolute atomic E-state index is 13.7. The Kier molecular flexibility index (Phi) is 5.07. The van der Waals surface area contributed by atoms with Gasteiger partial charge in [0.05, 0.1) is 29.5 Å². The van der Waals surface area contributed by atoms with Gasteiger partial charge in [0.1, 0.15) is 12.3 Å². The van der Waals surface area contributed by atoms with E-state index < -0.39 is 41.9 Å². The first-order chi connectivity index (χ1) is 16.9. The van der Waals surface area contributed by atoms with Gasteiger partial charge in [-0.1, -0.05) is 48.0 Å². The Hall–Kier alpha value is -3.45. The summed E-state index contributed by atoms with van der Waals surface area (Å²) in [7, 11) is 1.49. The van der Waals surface area contributed by atoms with Crippen LogP contribution in [0.2, 0.25) is 5.02 Å². The lowest BCUT2D eigenvalue weighted by Gasteiger charge is -2.37. The molecule has 1 heterocycles. The highest BCUT2D eigenvalue weighted by molar-refractivity contribution is 6.34. The van der Waals surface area contributed by atoms with Crippen LogP contribution in [0.1, 0.15) is 27.1 Å². The zero-order valence-electron chi connectivity index (χ0n) is 19.0. The average molecular weight is 491 g/mol. The molecular formula is C27H23ClN2O5. The Balaban J connectivity index is 1.37. The van der Waals surface area contributed by atoms with Crippen LogP contribution < -0.4 is 4.74 Å². The number of nitrogens with zero attached hydrogens (tertiary/aromatic N) is 2. The molecule has 2 bridgehead atoms. The fourth-order valence-electron chi connectivity index (χ4n) is 6.21. The predicted molar refractivity (Wildman–Crippen MR) is 126 cm³/mol. The molecule has 2 aromatic carbocycles. The molecule has 3 amide bonds. The average Bonchev–Trinajstić information content (AvgIpc) is 3.66. The van der Waals surface area contributed by atoms with Crippen molar-refractivity contribution in [2.24, 2.45) is 35.5 Å². The van der Waals surface area contributed by atoms with E-state index >= 15 is 0 Å². The van der Waals surface area contributed by atoms with Crippen molar-refractivity contribution in [1.82, 2.24) is 10.0 Å². The highest BCUT2D eigenvalue weighted by Crippen LogP contribution is 2.65. The summed E-state index contributed by atoms with van der Waals surface area (Å²) in [5, 5.41) is 2.09. The van der Waals surface area contributed by atoms with Gasteiger partial charge >= 0.3 is 0 Å². The summed E-state index contributed by atoms with van der Waals surface area (Å²) in [6.45, 7) is -0.482. The zero-order valence-corrected chi connectivity index (χ0v) is 19.7. The number of ketones is 1. The standard InChI is InChI=1S/C27H23ClN2O5/c1-35-15-6-4-5-14(11-15)22(31)13-29(25(32)18-7-2-3-8-21(18)28)30-26(33)23-16-9-10-17(20-12-19(16)20)24(23)27(30)34/h2-11,16-17,19-20,23-24H,12-13H2,1H3/t16-,17-,19-,20+,23+,24+/m0/s1. The highest BCUT2D eigenvalue weighted by atomic mass is 35.5. The largest absolute Gasteiger partial charge is 0.497 e.